The molecular formula is C14H11ClN2O. The molecule has 1 aliphatic rings. The van der Waals surface area contributed by atoms with Gasteiger partial charge in [-0.25, -0.2) is 5.43 Å². The van der Waals surface area contributed by atoms with Gasteiger partial charge < -0.3 is 0 Å². The van der Waals surface area contributed by atoms with Crippen LogP contribution < -0.4 is 10.9 Å². The summed E-state index contributed by atoms with van der Waals surface area (Å²) in [6.07, 6.45) is 1.91. The summed E-state index contributed by atoms with van der Waals surface area (Å²) in [5.41, 5.74) is 7.14. The van der Waals surface area contributed by atoms with Gasteiger partial charge in [-0.05, 0) is 34.5 Å². The van der Waals surface area contributed by atoms with Crippen molar-refractivity contribution in [3.05, 3.63) is 52.6 Å². The SMILES string of the molecule is O=C1NNC/C1=C\c1cccc2cc(Cl)ccc12. The minimum Gasteiger partial charge on any atom is -0.287 e. The lowest BCUT2D eigenvalue weighted by molar-refractivity contribution is -0.116. The van der Waals surface area contributed by atoms with Gasteiger partial charge in [0.2, 0.25) is 0 Å². The molecule has 2 aromatic carbocycles. The largest absolute Gasteiger partial charge is 0.287 e. The monoisotopic (exact) mass is 258 g/mol. The Morgan fingerprint density at radius 1 is 1.22 bits per heavy atom. The van der Waals surface area contributed by atoms with Crippen molar-refractivity contribution < 1.29 is 4.79 Å². The molecule has 18 heavy (non-hydrogen) atoms. The molecule has 1 aliphatic heterocycles. The number of fused-ring (bicyclic) bond motifs is 1. The maximum Gasteiger partial charge on any atom is 0.262 e. The Kier molecular flexibility index (Phi) is 2.78. The number of amides is 1. The van der Waals surface area contributed by atoms with Crippen molar-refractivity contribution in [3.8, 4) is 0 Å². The Hall–Kier alpha value is -1.84. The molecule has 2 N–H and O–H groups in total. The molecule has 1 fully saturated rings. The summed E-state index contributed by atoms with van der Waals surface area (Å²) in [5, 5.41) is 2.88. The first-order valence-electron chi connectivity index (χ1n) is 5.66. The molecule has 3 rings (SSSR count). The van der Waals surface area contributed by atoms with Gasteiger partial charge in [0.1, 0.15) is 0 Å². The maximum absolute atomic E-state index is 11.5. The van der Waals surface area contributed by atoms with Gasteiger partial charge in [-0.15, -0.1) is 0 Å². The molecule has 2 aromatic rings. The summed E-state index contributed by atoms with van der Waals surface area (Å²) in [6, 6.07) is 11.7. The lowest BCUT2D eigenvalue weighted by Gasteiger charge is -2.03. The third-order valence-corrected chi connectivity index (χ3v) is 3.21. The van der Waals surface area contributed by atoms with Crippen molar-refractivity contribution in [2.75, 3.05) is 6.54 Å². The quantitative estimate of drug-likeness (QED) is 0.772. The van der Waals surface area contributed by atoms with E-state index in [1.165, 1.54) is 0 Å². The van der Waals surface area contributed by atoms with Crippen LogP contribution in [-0.2, 0) is 4.79 Å². The fourth-order valence-corrected chi connectivity index (χ4v) is 2.27. The normalized spacial score (nSPS) is 17.4. The Morgan fingerprint density at radius 3 is 2.89 bits per heavy atom. The average Bonchev–Trinajstić information content (AvgIpc) is 2.75. The molecule has 0 atom stereocenters. The van der Waals surface area contributed by atoms with Crippen LogP contribution in [0.4, 0.5) is 0 Å². The van der Waals surface area contributed by atoms with Crippen molar-refractivity contribution in [3.63, 3.8) is 0 Å². The summed E-state index contributed by atoms with van der Waals surface area (Å²) < 4.78 is 0. The number of hydrogen-bond donors (Lipinski definition) is 2. The van der Waals surface area contributed by atoms with E-state index in [0.717, 1.165) is 21.9 Å². The summed E-state index contributed by atoms with van der Waals surface area (Å²) in [5.74, 6) is -0.0685. The third-order valence-electron chi connectivity index (χ3n) is 2.98. The number of hydrazine groups is 1. The van der Waals surface area contributed by atoms with Crippen LogP contribution >= 0.6 is 11.6 Å². The van der Waals surface area contributed by atoms with E-state index >= 15 is 0 Å². The summed E-state index contributed by atoms with van der Waals surface area (Å²) in [6.45, 7) is 0.544. The third kappa shape index (κ3) is 1.98. The number of benzene rings is 2. The fraction of sp³-hybridized carbons (Fsp3) is 0.0714. The van der Waals surface area contributed by atoms with Crippen LogP contribution in [0, 0.1) is 0 Å². The summed E-state index contributed by atoms with van der Waals surface area (Å²) in [7, 11) is 0. The van der Waals surface area contributed by atoms with Crippen molar-refractivity contribution >= 4 is 34.4 Å². The molecule has 4 heteroatoms. The highest BCUT2D eigenvalue weighted by atomic mass is 35.5. The Labute approximate surface area is 109 Å². The van der Waals surface area contributed by atoms with Crippen LogP contribution in [0.15, 0.2) is 42.0 Å². The van der Waals surface area contributed by atoms with E-state index in [2.05, 4.69) is 10.9 Å². The van der Waals surface area contributed by atoms with E-state index in [9.17, 15) is 4.79 Å². The van der Waals surface area contributed by atoms with Gasteiger partial charge in [-0.1, -0.05) is 35.9 Å². The topological polar surface area (TPSA) is 41.1 Å². The Balaban J connectivity index is 2.15. The van der Waals surface area contributed by atoms with E-state index < -0.39 is 0 Å². The van der Waals surface area contributed by atoms with Crippen LogP contribution in [0.1, 0.15) is 5.56 Å². The van der Waals surface area contributed by atoms with Gasteiger partial charge in [-0.3, -0.25) is 10.2 Å². The highest BCUT2D eigenvalue weighted by molar-refractivity contribution is 6.31. The highest BCUT2D eigenvalue weighted by Crippen LogP contribution is 2.24. The lowest BCUT2D eigenvalue weighted by atomic mass is 10.0. The van der Waals surface area contributed by atoms with Crippen LogP contribution in [-0.4, -0.2) is 12.5 Å². The summed E-state index contributed by atoms with van der Waals surface area (Å²) in [4.78, 5) is 11.5. The van der Waals surface area contributed by atoms with Crippen LogP contribution in [0.3, 0.4) is 0 Å². The van der Waals surface area contributed by atoms with Crippen LogP contribution in [0.5, 0.6) is 0 Å². The van der Waals surface area contributed by atoms with E-state index in [4.69, 9.17) is 11.6 Å². The van der Waals surface area contributed by atoms with Gasteiger partial charge >= 0.3 is 0 Å². The van der Waals surface area contributed by atoms with Crippen molar-refractivity contribution in [2.24, 2.45) is 0 Å². The van der Waals surface area contributed by atoms with Crippen molar-refractivity contribution in [2.45, 2.75) is 0 Å². The molecule has 1 heterocycles. The molecule has 0 bridgehead atoms. The molecule has 1 amide bonds. The number of halogens is 1. The van der Waals surface area contributed by atoms with Crippen LogP contribution in [0.25, 0.3) is 16.8 Å². The molecule has 0 saturated carbocycles. The second-order valence-electron chi connectivity index (χ2n) is 4.19. The highest BCUT2D eigenvalue weighted by Gasteiger charge is 2.15. The predicted octanol–water partition coefficient (Wildman–Crippen LogP) is 2.51. The average molecular weight is 259 g/mol. The minimum absolute atomic E-state index is 0.0685. The summed E-state index contributed by atoms with van der Waals surface area (Å²) >= 11 is 5.97. The molecule has 0 spiro atoms. The standard InChI is InChI=1S/C14H11ClN2O/c15-12-4-5-13-9(2-1-3-10(13)7-12)6-11-8-16-17-14(11)18/h1-7,16H,8H2,(H,17,18)/b11-6+. The van der Waals surface area contributed by atoms with Crippen molar-refractivity contribution in [1.29, 1.82) is 0 Å². The zero-order valence-electron chi connectivity index (χ0n) is 9.53. The minimum atomic E-state index is -0.0685. The number of carbonyl (C=O) groups excluding carboxylic acids is 1. The fourth-order valence-electron chi connectivity index (χ4n) is 2.09. The van der Waals surface area contributed by atoms with E-state index in [-0.39, 0.29) is 5.91 Å². The molecule has 90 valence electrons. The van der Waals surface area contributed by atoms with Gasteiger partial charge in [0, 0.05) is 17.1 Å². The second-order valence-corrected chi connectivity index (χ2v) is 4.63. The van der Waals surface area contributed by atoms with E-state index in [1.807, 2.05) is 42.5 Å². The molecule has 3 nitrogen and oxygen atoms in total. The van der Waals surface area contributed by atoms with Crippen LogP contribution in [0.2, 0.25) is 5.02 Å². The lowest BCUT2D eigenvalue weighted by Crippen LogP contribution is -2.25. The number of nitrogens with one attached hydrogen (secondary N) is 2. The van der Waals surface area contributed by atoms with Gasteiger partial charge in [0.05, 0.1) is 0 Å². The Morgan fingerprint density at radius 2 is 2.11 bits per heavy atom. The second kappa shape index (κ2) is 4.44. The predicted molar refractivity (Wildman–Crippen MR) is 73.1 cm³/mol. The number of rotatable bonds is 1. The molecule has 0 radical (unpaired) electrons. The first kappa shape index (κ1) is 11.3. The van der Waals surface area contributed by atoms with Crippen molar-refractivity contribution in [1.82, 2.24) is 10.9 Å². The zero-order chi connectivity index (χ0) is 12.5. The van der Waals surface area contributed by atoms with Gasteiger partial charge in [0.25, 0.3) is 5.91 Å². The first-order valence-corrected chi connectivity index (χ1v) is 6.04. The number of carbonyl (C=O) groups is 1. The molecule has 0 unspecified atom stereocenters. The first-order chi connectivity index (χ1) is 8.74. The van der Waals surface area contributed by atoms with Gasteiger partial charge in [-0.2, -0.15) is 0 Å². The van der Waals surface area contributed by atoms with E-state index in [0.29, 0.717) is 11.6 Å². The number of hydrogen-bond acceptors (Lipinski definition) is 2. The zero-order valence-corrected chi connectivity index (χ0v) is 10.3. The maximum atomic E-state index is 11.5. The molecule has 0 aliphatic carbocycles. The molecular weight excluding hydrogens is 248 g/mol. The molecule has 1 saturated heterocycles. The van der Waals surface area contributed by atoms with Gasteiger partial charge in [0.15, 0.2) is 0 Å². The van der Waals surface area contributed by atoms with E-state index in [1.54, 1.807) is 0 Å². The Bertz CT molecular complexity index is 664. The smallest absolute Gasteiger partial charge is 0.262 e. The molecule has 0 aromatic heterocycles.